The Balaban J connectivity index is 4.14. The van der Waals surface area contributed by atoms with E-state index in [9.17, 15) is 14.3 Å². The first-order valence-electron chi connectivity index (χ1n) is 24.7. The van der Waals surface area contributed by atoms with Crippen LogP contribution in [-0.4, -0.2) is 70.7 Å². The predicted octanol–water partition coefficient (Wildman–Crippen LogP) is 14.3. The number of nitrogens with zero attached hydrogens (tertiary/aromatic N) is 1. The second-order valence-electron chi connectivity index (χ2n) is 17.8. The molecule has 0 aromatic heterocycles. The van der Waals surface area contributed by atoms with Crippen molar-refractivity contribution in [2.75, 3.05) is 54.1 Å². The maximum absolute atomic E-state index is 12.7. The predicted molar refractivity (Wildman–Crippen MR) is 250 cm³/mol. The van der Waals surface area contributed by atoms with Crippen LogP contribution >= 0.6 is 7.82 Å². The van der Waals surface area contributed by atoms with Crippen LogP contribution in [0.1, 0.15) is 219 Å². The van der Waals surface area contributed by atoms with E-state index in [-0.39, 0.29) is 25.8 Å². The number of ether oxygens (including phenoxy) is 2. The van der Waals surface area contributed by atoms with Gasteiger partial charge in [-0.3, -0.25) is 9.36 Å². The standard InChI is InChI=1S/C50H96NO7P/c1-6-8-10-12-14-16-18-20-22-24-25-26-27-28-29-31-33-35-37-39-41-43-50(52)58-49(48-57-59(53,54)56-46-44-51(3,4)5)47-55-45-42-40-38-36-34-32-30-23-21-19-17-15-13-11-9-7-2/h9,11,15,17,21,23,49H,6-8,10,12-14,16,18-20,22,24-48H2,1-5H3/b11-9-,17-15-,23-21-. The van der Waals surface area contributed by atoms with Crippen molar-refractivity contribution >= 4 is 13.8 Å². The third kappa shape index (κ3) is 47.6. The summed E-state index contributed by atoms with van der Waals surface area (Å²) in [6.07, 6.45) is 51.7. The van der Waals surface area contributed by atoms with Crippen LogP contribution in [0.3, 0.4) is 0 Å². The Bertz CT molecular complexity index is 1040. The summed E-state index contributed by atoms with van der Waals surface area (Å²) in [6, 6.07) is 0. The number of unbranched alkanes of at least 4 members (excludes halogenated alkanes) is 26. The first kappa shape index (κ1) is 57.7. The number of likely N-dealkylation sites (N-methyl/N-ethyl adjacent to an activating group) is 1. The van der Waals surface area contributed by atoms with Gasteiger partial charge in [0, 0.05) is 13.0 Å². The highest BCUT2D eigenvalue weighted by atomic mass is 31.2. The van der Waals surface area contributed by atoms with Crippen molar-refractivity contribution < 1.29 is 37.3 Å². The van der Waals surface area contributed by atoms with E-state index in [1.54, 1.807) is 0 Å². The van der Waals surface area contributed by atoms with Crippen LogP contribution in [0.4, 0.5) is 0 Å². The molecule has 0 saturated heterocycles. The van der Waals surface area contributed by atoms with Crippen molar-refractivity contribution in [1.82, 2.24) is 0 Å². The molecule has 9 heteroatoms. The highest BCUT2D eigenvalue weighted by molar-refractivity contribution is 7.45. The molecule has 0 aromatic rings. The van der Waals surface area contributed by atoms with Crippen molar-refractivity contribution in [2.45, 2.75) is 225 Å². The fraction of sp³-hybridized carbons (Fsp3) is 0.860. The third-order valence-corrected chi connectivity index (χ3v) is 11.7. The average Bonchev–Trinajstić information content (AvgIpc) is 3.19. The second-order valence-corrected chi connectivity index (χ2v) is 19.2. The summed E-state index contributed by atoms with van der Waals surface area (Å²) in [5, 5.41) is 0. The topological polar surface area (TPSA) is 94.1 Å². The number of hydrogen-bond donors (Lipinski definition) is 0. The van der Waals surface area contributed by atoms with E-state index in [1.807, 2.05) is 21.1 Å². The van der Waals surface area contributed by atoms with Gasteiger partial charge in [0.05, 0.1) is 34.4 Å². The van der Waals surface area contributed by atoms with Gasteiger partial charge < -0.3 is 27.9 Å². The van der Waals surface area contributed by atoms with E-state index in [4.69, 9.17) is 18.5 Å². The number of esters is 1. The molecule has 2 atom stereocenters. The zero-order valence-corrected chi connectivity index (χ0v) is 40.4. The monoisotopic (exact) mass is 854 g/mol. The minimum absolute atomic E-state index is 0.0242. The average molecular weight is 854 g/mol. The molecule has 0 bridgehead atoms. The van der Waals surface area contributed by atoms with Gasteiger partial charge in [0.1, 0.15) is 19.3 Å². The number of quaternary nitrogens is 1. The summed E-state index contributed by atoms with van der Waals surface area (Å²) in [5.74, 6) is -0.335. The number of carbonyl (C=O) groups excluding carboxylic acids is 1. The molecular weight excluding hydrogens is 758 g/mol. The number of phosphoric acid groups is 1. The highest BCUT2D eigenvalue weighted by Crippen LogP contribution is 2.38. The molecule has 0 rings (SSSR count). The van der Waals surface area contributed by atoms with Gasteiger partial charge in [-0.2, -0.15) is 0 Å². The van der Waals surface area contributed by atoms with Crippen molar-refractivity contribution in [3.8, 4) is 0 Å². The minimum Gasteiger partial charge on any atom is -0.756 e. The number of allylic oxidation sites excluding steroid dienone is 6. The van der Waals surface area contributed by atoms with Gasteiger partial charge >= 0.3 is 5.97 Å². The van der Waals surface area contributed by atoms with Gasteiger partial charge in [-0.25, -0.2) is 0 Å². The van der Waals surface area contributed by atoms with Crippen molar-refractivity contribution in [3.05, 3.63) is 36.5 Å². The fourth-order valence-corrected chi connectivity index (χ4v) is 7.64. The van der Waals surface area contributed by atoms with Crippen LogP contribution in [0.25, 0.3) is 0 Å². The van der Waals surface area contributed by atoms with Crippen LogP contribution in [-0.2, 0) is 27.9 Å². The van der Waals surface area contributed by atoms with E-state index in [0.29, 0.717) is 24.1 Å². The zero-order valence-electron chi connectivity index (χ0n) is 39.5. The Morgan fingerprint density at radius 2 is 0.983 bits per heavy atom. The smallest absolute Gasteiger partial charge is 0.306 e. The minimum atomic E-state index is -4.53. The van der Waals surface area contributed by atoms with E-state index in [0.717, 1.165) is 64.2 Å². The van der Waals surface area contributed by atoms with Crippen molar-refractivity contribution in [3.63, 3.8) is 0 Å². The molecular formula is C50H96NO7P. The van der Waals surface area contributed by atoms with E-state index < -0.39 is 13.9 Å². The summed E-state index contributed by atoms with van der Waals surface area (Å²) >= 11 is 0. The molecule has 0 N–H and O–H groups in total. The molecule has 2 unspecified atom stereocenters. The number of hydrogen-bond acceptors (Lipinski definition) is 7. The number of rotatable bonds is 46. The third-order valence-electron chi connectivity index (χ3n) is 10.7. The molecule has 0 aliphatic rings. The van der Waals surface area contributed by atoms with E-state index in [1.165, 1.54) is 135 Å². The summed E-state index contributed by atoms with van der Waals surface area (Å²) < 4.78 is 34.7. The first-order chi connectivity index (χ1) is 28.6. The van der Waals surface area contributed by atoms with Crippen LogP contribution < -0.4 is 4.89 Å². The van der Waals surface area contributed by atoms with Crippen LogP contribution in [0.5, 0.6) is 0 Å². The lowest BCUT2D eigenvalue weighted by atomic mass is 10.0. The van der Waals surface area contributed by atoms with Crippen LogP contribution in [0.2, 0.25) is 0 Å². The Labute approximate surface area is 365 Å². The van der Waals surface area contributed by atoms with E-state index >= 15 is 0 Å². The molecule has 0 amide bonds. The normalized spacial score (nSPS) is 13.9. The number of phosphoric ester groups is 1. The molecule has 0 radical (unpaired) electrons. The molecule has 0 aliphatic carbocycles. The fourth-order valence-electron chi connectivity index (χ4n) is 6.92. The molecule has 0 heterocycles. The van der Waals surface area contributed by atoms with Gasteiger partial charge in [0.2, 0.25) is 0 Å². The number of carbonyl (C=O) groups is 1. The maximum Gasteiger partial charge on any atom is 0.306 e. The van der Waals surface area contributed by atoms with E-state index in [2.05, 4.69) is 50.3 Å². The van der Waals surface area contributed by atoms with Gasteiger partial charge in [-0.05, 0) is 44.9 Å². The first-order valence-corrected chi connectivity index (χ1v) is 26.2. The summed E-state index contributed by atoms with van der Waals surface area (Å²) in [7, 11) is 1.35. The maximum atomic E-state index is 12.7. The zero-order chi connectivity index (χ0) is 43.4. The van der Waals surface area contributed by atoms with Crippen LogP contribution in [0, 0.1) is 0 Å². The summed E-state index contributed by atoms with van der Waals surface area (Å²) in [6.45, 7) is 5.31. The lowest BCUT2D eigenvalue weighted by Crippen LogP contribution is -2.37. The van der Waals surface area contributed by atoms with Gasteiger partial charge in [-0.1, -0.05) is 204 Å². The molecule has 0 aromatic carbocycles. The molecule has 0 spiro atoms. The Hall–Kier alpha value is -1.28. The van der Waals surface area contributed by atoms with Crippen LogP contribution in [0.15, 0.2) is 36.5 Å². The largest absolute Gasteiger partial charge is 0.756 e. The second kappa shape index (κ2) is 43.4. The lowest BCUT2D eigenvalue weighted by molar-refractivity contribution is -0.870. The molecule has 8 nitrogen and oxygen atoms in total. The quantitative estimate of drug-likeness (QED) is 0.0198. The highest BCUT2D eigenvalue weighted by Gasteiger charge is 2.20. The SMILES string of the molecule is CC/C=C\C/C=C\C/C=C\CCCCCCCCOCC(COP(=O)([O-])OCC[N+](C)(C)C)OC(=O)CCCCCCCCCCCCCCCCCCCCCCC. The molecule has 0 saturated carbocycles. The molecule has 59 heavy (non-hydrogen) atoms. The Morgan fingerprint density at radius 3 is 1.47 bits per heavy atom. The van der Waals surface area contributed by atoms with Gasteiger partial charge in [0.15, 0.2) is 0 Å². The lowest BCUT2D eigenvalue weighted by Gasteiger charge is -2.28. The summed E-state index contributed by atoms with van der Waals surface area (Å²) in [5.41, 5.74) is 0. The molecule has 0 aliphatic heterocycles. The molecule has 0 fully saturated rings. The van der Waals surface area contributed by atoms with Crippen molar-refractivity contribution in [2.24, 2.45) is 0 Å². The molecule has 348 valence electrons. The van der Waals surface area contributed by atoms with Crippen molar-refractivity contribution in [1.29, 1.82) is 0 Å². The Morgan fingerprint density at radius 1 is 0.542 bits per heavy atom. The van der Waals surface area contributed by atoms with Gasteiger partial charge in [-0.15, -0.1) is 0 Å². The summed E-state index contributed by atoms with van der Waals surface area (Å²) in [4.78, 5) is 25.1. The Kier molecular flexibility index (Phi) is 42.4. The van der Waals surface area contributed by atoms with Gasteiger partial charge in [0.25, 0.3) is 7.82 Å².